The molecule has 0 spiro atoms. The van der Waals surface area contributed by atoms with Crippen molar-refractivity contribution in [3.63, 3.8) is 0 Å². The van der Waals surface area contributed by atoms with Gasteiger partial charge in [-0.25, -0.2) is 4.98 Å². The number of rotatable bonds is 4. The van der Waals surface area contributed by atoms with Crippen molar-refractivity contribution in [3.8, 4) is 0 Å². The van der Waals surface area contributed by atoms with Crippen molar-refractivity contribution in [3.05, 3.63) is 18.6 Å². The smallest absolute Gasteiger partial charge is 0.147 e. The summed E-state index contributed by atoms with van der Waals surface area (Å²) in [7, 11) is 0. The first-order valence-corrected chi connectivity index (χ1v) is 6.50. The molecule has 0 radical (unpaired) electrons. The summed E-state index contributed by atoms with van der Waals surface area (Å²) in [6, 6.07) is 0.474. The molecule has 1 N–H and O–H groups in total. The van der Waals surface area contributed by atoms with Gasteiger partial charge in [-0.3, -0.25) is 4.98 Å². The molecule has 0 saturated carbocycles. The van der Waals surface area contributed by atoms with E-state index in [2.05, 4.69) is 34.0 Å². The summed E-state index contributed by atoms with van der Waals surface area (Å²) in [5.41, 5.74) is 0. The first kappa shape index (κ1) is 12.3. The summed E-state index contributed by atoms with van der Waals surface area (Å²) in [5, 5.41) is 3.41. The van der Waals surface area contributed by atoms with Crippen LogP contribution < -0.4 is 10.2 Å². The lowest BCUT2D eigenvalue weighted by Crippen LogP contribution is -2.40. The summed E-state index contributed by atoms with van der Waals surface area (Å²) >= 11 is 0. The lowest BCUT2D eigenvalue weighted by atomic mass is 9.97. The molecule has 4 nitrogen and oxygen atoms in total. The van der Waals surface area contributed by atoms with E-state index in [0.717, 1.165) is 31.4 Å². The van der Waals surface area contributed by atoms with E-state index in [-0.39, 0.29) is 0 Å². The number of anilines is 1. The fourth-order valence-corrected chi connectivity index (χ4v) is 2.35. The third-order valence-electron chi connectivity index (χ3n) is 3.38. The lowest BCUT2D eigenvalue weighted by molar-refractivity contribution is 0.367. The maximum absolute atomic E-state index is 4.41. The molecule has 1 aromatic heterocycles. The van der Waals surface area contributed by atoms with E-state index in [1.807, 2.05) is 6.20 Å². The molecule has 94 valence electrons. The molecule has 4 heteroatoms. The molecule has 0 bridgehead atoms. The molecule has 2 heterocycles. The van der Waals surface area contributed by atoms with E-state index in [1.54, 1.807) is 12.4 Å². The van der Waals surface area contributed by atoms with Crippen molar-refractivity contribution in [2.24, 2.45) is 5.92 Å². The van der Waals surface area contributed by atoms with E-state index >= 15 is 0 Å². The van der Waals surface area contributed by atoms with Crippen LogP contribution in [0.15, 0.2) is 18.6 Å². The van der Waals surface area contributed by atoms with Crippen molar-refractivity contribution in [2.75, 3.05) is 24.5 Å². The molecule has 0 atom stereocenters. The fraction of sp³-hybridized carbons (Fsp3) is 0.692. The van der Waals surface area contributed by atoms with Gasteiger partial charge in [0.25, 0.3) is 0 Å². The Hall–Kier alpha value is -1.16. The molecular weight excluding hydrogens is 212 g/mol. The first-order chi connectivity index (χ1) is 8.27. The number of piperidine rings is 1. The molecule has 0 amide bonds. The Morgan fingerprint density at radius 3 is 2.71 bits per heavy atom. The van der Waals surface area contributed by atoms with Gasteiger partial charge in [0.1, 0.15) is 5.82 Å². The molecule has 17 heavy (non-hydrogen) atoms. The zero-order chi connectivity index (χ0) is 12.1. The maximum atomic E-state index is 4.41. The van der Waals surface area contributed by atoms with E-state index in [4.69, 9.17) is 0 Å². The third-order valence-corrected chi connectivity index (χ3v) is 3.38. The zero-order valence-corrected chi connectivity index (χ0v) is 10.8. The Kier molecular flexibility index (Phi) is 4.31. The Morgan fingerprint density at radius 2 is 2.12 bits per heavy atom. The van der Waals surface area contributed by atoms with Crippen molar-refractivity contribution in [2.45, 2.75) is 32.7 Å². The van der Waals surface area contributed by atoms with Crippen LogP contribution in [0.5, 0.6) is 0 Å². The summed E-state index contributed by atoms with van der Waals surface area (Å²) in [5.74, 6) is 1.78. The van der Waals surface area contributed by atoms with Crippen molar-refractivity contribution in [1.29, 1.82) is 0 Å². The summed E-state index contributed by atoms with van der Waals surface area (Å²) in [6.07, 6.45) is 7.90. The predicted octanol–water partition coefficient (Wildman–Crippen LogP) is 1.69. The molecule has 2 rings (SSSR count). The highest BCUT2D eigenvalue weighted by atomic mass is 15.2. The summed E-state index contributed by atoms with van der Waals surface area (Å²) < 4.78 is 0. The molecule has 1 aliphatic rings. The van der Waals surface area contributed by atoms with Gasteiger partial charge in [0, 0.05) is 25.0 Å². The molecule has 0 aliphatic carbocycles. The first-order valence-electron chi connectivity index (χ1n) is 6.50. The van der Waals surface area contributed by atoms with Crippen molar-refractivity contribution >= 4 is 5.82 Å². The highest BCUT2D eigenvalue weighted by Gasteiger charge is 2.19. The van der Waals surface area contributed by atoms with Crippen LogP contribution >= 0.6 is 0 Å². The van der Waals surface area contributed by atoms with Gasteiger partial charge in [-0.05, 0) is 45.7 Å². The Balaban J connectivity index is 2.02. The maximum Gasteiger partial charge on any atom is 0.147 e. The van der Waals surface area contributed by atoms with Gasteiger partial charge >= 0.3 is 0 Å². The van der Waals surface area contributed by atoms with E-state index in [9.17, 15) is 0 Å². The van der Waals surface area contributed by atoms with Gasteiger partial charge in [0.05, 0.1) is 6.20 Å². The van der Waals surface area contributed by atoms with Crippen LogP contribution in [0.2, 0.25) is 0 Å². The average molecular weight is 234 g/mol. The SMILES string of the molecule is CC(C)N(CC1CCNCC1)c1cnccn1. The van der Waals surface area contributed by atoms with Crippen LogP contribution in [-0.2, 0) is 0 Å². The largest absolute Gasteiger partial charge is 0.353 e. The van der Waals surface area contributed by atoms with Gasteiger partial charge in [-0.1, -0.05) is 0 Å². The second-order valence-corrected chi connectivity index (χ2v) is 5.00. The molecule has 1 aliphatic heterocycles. The van der Waals surface area contributed by atoms with Crippen LogP contribution in [-0.4, -0.2) is 35.6 Å². The molecule has 1 fully saturated rings. The summed E-state index contributed by atoms with van der Waals surface area (Å²) in [4.78, 5) is 10.9. The lowest BCUT2D eigenvalue weighted by Gasteiger charge is -2.33. The molecule has 1 saturated heterocycles. The quantitative estimate of drug-likeness (QED) is 0.861. The van der Waals surface area contributed by atoms with E-state index < -0.39 is 0 Å². The summed E-state index contributed by atoms with van der Waals surface area (Å²) in [6.45, 7) is 7.83. The Morgan fingerprint density at radius 1 is 1.35 bits per heavy atom. The minimum absolute atomic E-state index is 0.474. The van der Waals surface area contributed by atoms with Gasteiger partial charge < -0.3 is 10.2 Å². The molecular formula is C13H22N4. The van der Waals surface area contributed by atoms with E-state index in [1.165, 1.54) is 12.8 Å². The molecule has 0 aromatic carbocycles. The Bertz CT molecular complexity index is 319. The second-order valence-electron chi connectivity index (χ2n) is 5.00. The molecule has 0 unspecified atom stereocenters. The van der Waals surface area contributed by atoms with Gasteiger partial charge in [-0.15, -0.1) is 0 Å². The van der Waals surface area contributed by atoms with Gasteiger partial charge in [-0.2, -0.15) is 0 Å². The van der Waals surface area contributed by atoms with Crippen LogP contribution in [0.3, 0.4) is 0 Å². The normalized spacial score (nSPS) is 17.4. The average Bonchev–Trinajstić information content (AvgIpc) is 2.38. The van der Waals surface area contributed by atoms with Crippen LogP contribution in [0.25, 0.3) is 0 Å². The van der Waals surface area contributed by atoms with Crippen LogP contribution in [0.4, 0.5) is 5.82 Å². The third kappa shape index (κ3) is 3.40. The molecule has 1 aromatic rings. The van der Waals surface area contributed by atoms with Gasteiger partial charge in [0.15, 0.2) is 0 Å². The number of aromatic nitrogens is 2. The minimum atomic E-state index is 0.474. The number of nitrogens with zero attached hydrogens (tertiary/aromatic N) is 3. The van der Waals surface area contributed by atoms with Crippen LogP contribution in [0, 0.1) is 5.92 Å². The predicted molar refractivity (Wildman–Crippen MR) is 70.1 cm³/mol. The highest BCUT2D eigenvalue weighted by molar-refractivity contribution is 5.36. The topological polar surface area (TPSA) is 41.0 Å². The minimum Gasteiger partial charge on any atom is -0.353 e. The highest BCUT2D eigenvalue weighted by Crippen LogP contribution is 2.19. The Labute approximate surface area is 103 Å². The van der Waals surface area contributed by atoms with E-state index in [0.29, 0.717) is 6.04 Å². The second kappa shape index (κ2) is 5.96. The fourth-order valence-electron chi connectivity index (χ4n) is 2.35. The monoisotopic (exact) mass is 234 g/mol. The number of nitrogens with one attached hydrogen (secondary N) is 1. The van der Waals surface area contributed by atoms with Crippen LogP contribution in [0.1, 0.15) is 26.7 Å². The van der Waals surface area contributed by atoms with Crippen molar-refractivity contribution < 1.29 is 0 Å². The van der Waals surface area contributed by atoms with Gasteiger partial charge in [0.2, 0.25) is 0 Å². The number of hydrogen-bond acceptors (Lipinski definition) is 4. The number of hydrogen-bond donors (Lipinski definition) is 1. The zero-order valence-electron chi connectivity index (χ0n) is 10.8. The standard InChI is InChI=1S/C13H22N4/c1-11(2)17(13-9-15-7-8-16-13)10-12-3-5-14-6-4-12/h7-9,11-12,14H,3-6,10H2,1-2H3. The van der Waals surface area contributed by atoms with Crippen molar-refractivity contribution in [1.82, 2.24) is 15.3 Å².